The van der Waals surface area contributed by atoms with Gasteiger partial charge in [0.25, 0.3) is 0 Å². The number of carboxylic acid groups (broad SMARTS) is 1. The molecule has 0 bridgehead atoms. The molecule has 0 saturated heterocycles. The summed E-state index contributed by atoms with van der Waals surface area (Å²) in [6.45, 7) is 10.5. The second kappa shape index (κ2) is 12.6. The molecule has 0 fully saturated rings. The zero-order valence-corrected chi connectivity index (χ0v) is 20.0. The van der Waals surface area contributed by atoms with Crippen LogP contribution in [0.25, 0.3) is 0 Å². The van der Waals surface area contributed by atoms with Gasteiger partial charge in [0.1, 0.15) is 11.4 Å². The molecule has 8 heteroatoms. The Morgan fingerprint density at radius 3 is 2.31 bits per heavy atom. The minimum atomic E-state index is -1.04. The van der Waals surface area contributed by atoms with Gasteiger partial charge in [-0.05, 0) is 69.6 Å². The second-order valence-electron chi connectivity index (χ2n) is 9.66. The van der Waals surface area contributed by atoms with E-state index in [9.17, 15) is 19.8 Å². The van der Waals surface area contributed by atoms with Gasteiger partial charge in [0, 0.05) is 0 Å². The van der Waals surface area contributed by atoms with Gasteiger partial charge in [0.2, 0.25) is 0 Å². The topological polar surface area (TPSA) is 125 Å². The maximum absolute atomic E-state index is 12.4. The number of aliphatic hydroxyl groups is 2. The largest absolute Gasteiger partial charge is 0.481 e. The number of carbonyl (C=O) groups is 2. The molecule has 0 spiro atoms. The molecule has 0 unspecified atom stereocenters. The van der Waals surface area contributed by atoms with E-state index in [1.54, 1.807) is 26.8 Å². The van der Waals surface area contributed by atoms with Gasteiger partial charge in [-0.15, -0.1) is 0 Å². The summed E-state index contributed by atoms with van der Waals surface area (Å²) in [5.74, 6) is -0.885. The van der Waals surface area contributed by atoms with Crippen LogP contribution in [0.15, 0.2) is 24.3 Å². The van der Waals surface area contributed by atoms with E-state index < -0.39 is 42.5 Å². The van der Waals surface area contributed by atoms with Crippen LogP contribution in [0.5, 0.6) is 5.75 Å². The van der Waals surface area contributed by atoms with E-state index in [-0.39, 0.29) is 18.3 Å². The van der Waals surface area contributed by atoms with Crippen molar-refractivity contribution in [1.82, 2.24) is 5.32 Å². The number of carboxylic acids is 1. The van der Waals surface area contributed by atoms with Gasteiger partial charge >= 0.3 is 12.1 Å². The van der Waals surface area contributed by atoms with E-state index >= 15 is 0 Å². The Balaban J connectivity index is 3.03. The van der Waals surface area contributed by atoms with Crippen molar-refractivity contribution in [3.05, 3.63) is 29.8 Å². The molecular weight excluding hydrogens is 414 g/mol. The molecule has 0 saturated carbocycles. The Morgan fingerprint density at radius 2 is 1.78 bits per heavy atom. The lowest BCUT2D eigenvalue weighted by molar-refractivity contribution is -0.142. The number of ether oxygens (including phenoxy) is 2. The number of rotatable bonds is 12. The molecule has 0 aliphatic rings. The fourth-order valence-electron chi connectivity index (χ4n) is 3.46. The third-order valence-corrected chi connectivity index (χ3v) is 5.31. The zero-order chi connectivity index (χ0) is 24.5. The van der Waals surface area contributed by atoms with Crippen molar-refractivity contribution in [2.24, 2.45) is 17.8 Å². The molecule has 4 atom stereocenters. The number of carbonyl (C=O) groups excluding carboxylic acids is 1. The Kier molecular flexibility index (Phi) is 11.0. The van der Waals surface area contributed by atoms with E-state index in [0.29, 0.717) is 18.6 Å². The Bertz CT molecular complexity index is 729. The van der Waals surface area contributed by atoms with Gasteiger partial charge in [-0.25, -0.2) is 4.79 Å². The van der Waals surface area contributed by atoms with Crippen molar-refractivity contribution in [3.8, 4) is 5.75 Å². The summed E-state index contributed by atoms with van der Waals surface area (Å²) in [7, 11) is 0. The van der Waals surface area contributed by atoms with Crippen LogP contribution in [0, 0.1) is 17.8 Å². The molecule has 1 aromatic carbocycles. The molecule has 0 aromatic heterocycles. The first kappa shape index (κ1) is 27.7. The van der Waals surface area contributed by atoms with Crippen LogP contribution in [0.3, 0.4) is 0 Å². The van der Waals surface area contributed by atoms with Crippen LogP contribution >= 0.6 is 0 Å². The molecule has 182 valence electrons. The third-order valence-electron chi connectivity index (χ3n) is 5.31. The van der Waals surface area contributed by atoms with Crippen LogP contribution in [0.1, 0.15) is 59.9 Å². The van der Waals surface area contributed by atoms with Crippen LogP contribution in [0.2, 0.25) is 0 Å². The van der Waals surface area contributed by atoms with Crippen LogP contribution in [0.4, 0.5) is 4.79 Å². The lowest BCUT2D eigenvalue weighted by atomic mass is 9.82. The SMILES string of the molecule is CC(C)[C@@H](Cc1cccc(OCO)c1)C[C@H](NC(=O)OC(C)(C)C)[C@@H](O)C[C@@H](C)C(=O)O. The Hall–Kier alpha value is -2.32. The maximum atomic E-state index is 12.4. The number of hydrogen-bond acceptors (Lipinski definition) is 6. The van der Waals surface area contributed by atoms with Crippen LogP contribution in [-0.2, 0) is 16.0 Å². The van der Waals surface area contributed by atoms with Crippen molar-refractivity contribution < 1.29 is 34.4 Å². The first-order valence-corrected chi connectivity index (χ1v) is 11.0. The molecule has 8 nitrogen and oxygen atoms in total. The normalized spacial score (nSPS) is 15.5. The molecule has 0 aliphatic carbocycles. The summed E-state index contributed by atoms with van der Waals surface area (Å²) in [6.07, 6.45) is -0.575. The molecule has 1 rings (SSSR count). The maximum Gasteiger partial charge on any atom is 0.407 e. The molecule has 32 heavy (non-hydrogen) atoms. The molecule has 0 heterocycles. The fourth-order valence-corrected chi connectivity index (χ4v) is 3.46. The minimum absolute atomic E-state index is 0.0143. The highest BCUT2D eigenvalue weighted by atomic mass is 16.6. The number of aliphatic carboxylic acids is 1. The average Bonchev–Trinajstić information content (AvgIpc) is 2.65. The van der Waals surface area contributed by atoms with Crippen molar-refractivity contribution in [2.45, 2.75) is 78.6 Å². The second-order valence-corrected chi connectivity index (χ2v) is 9.66. The van der Waals surface area contributed by atoms with Gasteiger partial charge in [-0.3, -0.25) is 4.79 Å². The smallest absolute Gasteiger partial charge is 0.407 e. The quantitative estimate of drug-likeness (QED) is 0.356. The van der Waals surface area contributed by atoms with Gasteiger partial charge in [-0.2, -0.15) is 0 Å². The number of aliphatic hydroxyl groups excluding tert-OH is 2. The Labute approximate surface area is 190 Å². The highest BCUT2D eigenvalue weighted by Gasteiger charge is 2.30. The van der Waals surface area contributed by atoms with E-state index in [1.165, 1.54) is 6.92 Å². The number of nitrogens with one attached hydrogen (secondary N) is 1. The first-order chi connectivity index (χ1) is 14.8. The summed E-state index contributed by atoms with van der Waals surface area (Å²) in [5, 5.41) is 31.8. The highest BCUT2D eigenvalue weighted by molar-refractivity contribution is 5.70. The fraction of sp³-hybridized carbons (Fsp3) is 0.667. The lowest BCUT2D eigenvalue weighted by Crippen LogP contribution is -2.47. The average molecular weight is 454 g/mol. The van der Waals surface area contributed by atoms with Crippen molar-refractivity contribution >= 4 is 12.1 Å². The lowest BCUT2D eigenvalue weighted by Gasteiger charge is -2.32. The van der Waals surface area contributed by atoms with E-state index in [1.807, 2.05) is 18.2 Å². The molecule has 1 amide bonds. The van der Waals surface area contributed by atoms with Crippen LogP contribution < -0.4 is 10.1 Å². The van der Waals surface area contributed by atoms with Crippen LogP contribution in [-0.4, -0.2) is 51.9 Å². The van der Waals surface area contributed by atoms with Crippen molar-refractivity contribution in [2.75, 3.05) is 6.79 Å². The molecule has 0 radical (unpaired) electrons. The van der Waals surface area contributed by atoms with Crippen molar-refractivity contribution in [3.63, 3.8) is 0 Å². The summed E-state index contributed by atoms with van der Waals surface area (Å²) in [6, 6.07) is 6.74. The molecule has 4 N–H and O–H groups in total. The summed E-state index contributed by atoms with van der Waals surface area (Å²) < 4.78 is 10.5. The monoisotopic (exact) mass is 453 g/mol. The Morgan fingerprint density at radius 1 is 1.12 bits per heavy atom. The standard InChI is InChI=1S/C24H39NO7/c1-15(2)18(11-17-8-7-9-19(12-17)31-14-26)13-20(21(27)10-16(3)22(28)29)25-23(30)32-24(4,5)6/h7-9,12,15-16,18,20-21,26-27H,10-11,13-14H2,1-6H3,(H,25,30)(H,28,29)/t16-,18+,20+,21+/m1/s1. The predicted molar refractivity (Wildman–Crippen MR) is 121 cm³/mol. The van der Waals surface area contributed by atoms with Gasteiger partial charge in [-0.1, -0.05) is 32.9 Å². The third kappa shape index (κ3) is 10.3. The summed E-state index contributed by atoms with van der Waals surface area (Å²) >= 11 is 0. The molecule has 1 aromatic rings. The van der Waals surface area contributed by atoms with E-state index in [2.05, 4.69) is 19.2 Å². The van der Waals surface area contributed by atoms with Gasteiger partial charge in [0.05, 0.1) is 18.1 Å². The summed E-state index contributed by atoms with van der Waals surface area (Å²) in [5.41, 5.74) is 0.303. The summed E-state index contributed by atoms with van der Waals surface area (Å²) in [4.78, 5) is 23.7. The number of alkyl carbamates (subject to hydrolysis) is 1. The van der Waals surface area contributed by atoms with Crippen molar-refractivity contribution in [1.29, 1.82) is 0 Å². The van der Waals surface area contributed by atoms with Gasteiger partial charge < -0.3 is 30.1 Å². The van der Waals surface area contributed by atoms with Gasteiger partial charge in [0.15, 0.2) is 6.79 Å². The minimum Gasteiger partial charge on any atom is -0.481 e. The van der Waals surface area contributed by atoms with E-state index in [4.69, 9.17) is 14.6 Å². The molecular formula is C24H39NO7. The highest BCUT2D eigenvalue weighted by Crippen LogP contribution is 2.27. The zero-order valence-electron chi connectivity index (χ0n) is 20.0. The first-order valence-electron chi connectivity index (χ1n) is 11.0. The number of benzene rings is 1. The van der Waals surface area contributed by atoms with E-state index in [0.717, 1.165) is 5.56 Å². The predicted octanol–water partition coefficient (Wildman–Crippen LogP) is 3.59. The number of hydrogen-bond donors (Lipinski definition) is 4. The molecule has 0 aliphatic heterocycles. The number of amides is 1.